The zero-order valence-corrected chi connectivity index (χ0v) is 19.8. The van der Waals surface area contributed by atoms with E-state index in [1.54, 1.807) is 42.5 Å². The first kappa shape index (κ1) is 22.3. The van der Waals surface area contributed by atoms with E-state index in [9.17, 15) is 13.2 Å². The van der Waals surface area contributed by atoms with Gasteiger partial charge >= 0.3 is 10.1 Å². The Balaban J connectivity index is 1.59. The fourth-order valence-corrected chi connectivity index (χ4v) is 5.38. The van der Waals surface area contributed by atoms with Gasteiger partial charge < -0.3 is 4.18 Å². The first-order valence-electron chi connectivity index (χ1n) is 9.69. The minimum absolute atomic E-state index is 0.0765. The molecule has 1 aliphatic heterocycles. The van der Waals surface area contributed by atoms with Gasteiger partial charge in [-0.2, -0.15) is 8.42 Å². The van der Waals surface area contributed by atoms with E-state index in [-0.39, 0.29) is 16.6 Å². The van der Waals surface area contributed by atoms with Crippen molar-refractivity contribution in [1.82, 2.24) is 0 Å². The van der Waals surface area contributed by atoms with Gasteiger partial charge in [0.1, 0.15) is 10.6 Å². The summed E-state index contributed by atoms with van der Waals surface area (Å²) < 4.78 is 30.9. The summed E-state index contributed by atoms with van der Waals surface area (Å²) in [5, 5.41) is 0. The monoisotopic (exact) mass is 481 g/mol. The maximum Gasteiger partial charge on any atom is 0.339 e. The van der Waals surface area contributed by atoms with Gasteiger partial charge in [0.25, 0.3) is 5.91 Å². The van der Waals surface area contributed by atoms with Crippen LogP contribution in [-0.2, 0) is 14.9 Å². The second-order valence-electron chi connectivity index (χ2n) is 7.23. The molecule has 1 amide bonds. The zero-order chi connectivity index (χ0) is 22.9. The molecule has 0 spiro atoms. The van der Waals surface area contributed by atoms with Crippen molar-refractivity contribution in [2.45, 2.75) is 18.7 Å². The second kappa shape index (κ2) is 8.90. The Labute approximate surface area is 196 Å². The van der Waals surface area contributed by atoms with Crippen LogP contribution < -0.4 is 9.08 Å². The number of hydrogen-bond acceptors (Lipinski definition) is 6. The molecule has 3 aromatic rings. The standard InChI is InChI=1S/C24H19NO4S3/c1-16-10-12-20(13-11-16)32(27,28)29-19-8-5-7-18(14-19)15-22-23(26)25(24(30)31-22)21-9-4-3-6-17(21)2/h3-15H,1-2H3/b22-15+. The quantitative estimate of drug-likeness (QED) is 0.273. The van der Waals surface area contributed by atoms with Crippen molar-refractivity contribution in [2.24, 2.45) is 0 Å². The van der Waals surface area contributed by atoms with E-state index < -0.39 is 10.1 Å². The van der Waals surface area contributed by atoms with Gasteiger partial charge in [-0.1, -0.05) is 72.0 Å². The highest BCUT2D eigenvalue weighted by Crippen LogP contribution is 2.37. The maximum absolute atomic E-state index is 13.0. The number of rotatable bonds is 5. The second-order valence-corrected chi connectivity index (χ2v) is 10.4. The van der Waals surface area contributed by atoms with Crippen molar-refractivity contribution >= 4 is 56.1 Å². The number of aryl methyl sites for hydroxylation is 2. The molecule has 1 heterocycles. The minimum atomic E-state index is -3.97. The number of nitrogens with zero attached hydrogens (tertiary/aromatic N) is 1. The summed E-state index contributed by atoms with van der Waals surface area (Å²) in [5.41, 5.74) is 3.28. The summed E-state index contributed by atoms with van der Waals surface area (Å²) >= 11 is 6.64. The molecule has 0 radical (unpaired) electrons. The average Bonchev–Trinajstić information content (AvgIpc) is 3.01. The molecule has 32 heavy (non-hydrogen) atoms. The minimum Gasteiger partial charge on any atom is -0.379 e. The van der Waals surface area contributed by atoms with Crippen LogP contribution >= 0.6 is 24.0 Å². The van der Waals surface area contributed by atoms with Crippen LogP contribution in [0.3, 0.4) is 0 Å². The third-order valence-electron chi connectivity index (χ3n) is 4.82. The SMILES string of the molecule is Cc1ccc(S(=O)(=O)Oc2cccc(/C=C3/SC(=S)N(c4ccccc4C)C3=O)c2)cc1. The summed E-state index contributed by atoms with van der Waals surface area (Å²) in [5.74, 6) is -0.0541. The van der Waals surface area contributed by atoms with E-state index >= 15 is 0 Å². The van der Waals surface area contributed by atoms with Crippen LogP contribution in [0.4, 0.5) is 5.69 Å². The zero-order valence-electron chi connectivity index (χ0n) is 17.3. The van der Waals surface area contributed by atoms with Crippen LogP contribution in [-0.4, -0.2) is 18.6 Å². The van der Waals surface area contributed by atoms with Crippen molar-refractivity contribution in [3.63, 3.8) is 0 Å². The third-order valence-corrected chi connectivity index (χ3v) is 7.39. The Morgan fingerprint density at radius 3 is 2.41 bits per heavy atom. The summed E-state index contributed by atoms with van der Waals surface area (Å²) in [6.45, 7) is 3.80. The molecule has 0 N–H and O–H groups in total. The predicted molar refractivity (Wildman–Crippen MR) is 132 cm³/mol. The van der Waals surface area contributed by atoms with Crippen LogP contribution in [0.25, 0.3) is 6.08 Å². The van der Waals surface area contributed by atoms with Crippen molar-refractivity contribution in [2.75, 3.05) is 4.90 Å². The Kier molecular flexibility index (Phi) is 6.19. The number of thioether (sulfide) groups is 1. The van der Waals surface area contributed by atoms with Gasteiger partial charge in [-0.3, -0.25) is 9.69 Å². The lowest BCUT2D eigenvalue weighted by Gasteiger charge is -2.16. The smallest absolute Gasteiger partial charge is 0.339 e. The first-order valence-corrected chi connectivity index (χ1v) is 12.3. The van der Waals surface area contributed by atoms with Crippen molar-refractivity contribution in [3.8, 4) is 5.75 Å². The highest BCUT2D eigenvalue weighted by molar-refractivity contribution is 8.27. The highest BCUT2D eigenvalue weighted by Gasteiger charge is 2.34. The molecule has 0 bridgehead atoms. The Morgan fingerprint density at radius 1 is 0.969 bits per heavy atom. The molecule has 4 rings (SSSR count). The Bertz CT molecular complexity index is 1350. The topological polar surface area (TPSA) is 63.7 Å². The average molecular weight is 482 g/mol. The molecular weight excluding hydrogens is 462 g/mol. The third kappa shape index (κ3) is 4.62. The lowest BCUT2D eigenvalue weighted by atomic mass is 10.1. The van der Waals surface area contributed by atoms with E-state index in [2.05, 4.69) is 0 Å². The predicted octanol–water partition coefficient (Wildman–Crippen LogP) is 5.48. The molecule has 5 nitrogen and oxygen atoms in total. The molecule has 8 heteroatoms. The number of carbonyl (C=O) groups is 1. The van der Waals surface area contributed by atoms with E-state index in [1.807, 2.05) is 38.1 Å². The molecule has 162 valence electrons. The van der Waals surface area contributed by atoms with Gasteiger partial charge in [0.05, 0.1) is 10.6 Å². The van der Waals surface area contributed by atoms with Crippen LogP contribution in [0.1, 0.15) is 16.7 Å². The summed E-state index contributed by atoms with van der Waals surface area (Å²) in [4.78, 5) is 15.1. The first-order chi connectivity index (χ1) is 15.2. The summed E-state index contributed by atoms with van der Waals surface area (Å²) in [6.07, 6.45) is 1.68. The van der Waals surface area contributed by atoms with Crippen LogP contribution in [0, 0.1) is 13.8 Å². The lowest BCUT2D eigenvalue weighted by molar-refractivity contribution is -0.113. The van der Waals surface area contributed by atoms with E-state index in [4.69, 9.17) is 16.4 Å². The van der Waals surface area contributed by atoms with Crippen LogP contribution in [0.2, 0.25) is 0 Å². The fourth-order valence-electron chi connectivity index (χ4n) is 3.18. The molecule has 1 saturated heterocycles. The van der Waals surface area contributed by atoms with E-state index in [0.717, 1.165) is 16.8 Å². The summed E-state index contributed by atoms with van der Waals surface area (Å²) in [7, 11) is -3.97. The fraction of sp³-hybridized carbons (Fsp3) is 0.0833. The van der Waals surface area contributed by atoms with Gasteiger partial charge in [-0.15, -0.1) is 0 Å². The molecular formula is C24H19NO4S3. The van der Waals surface area contributed by atoms with Crippen molar-refractivity contribution < 1.29 is 17.4 Å². The molecule has 3 aromatic carbocycles. The van der Waals surface area contributed by atoms with Gasteiger partial charge in [0, 0.05) is 0 Å². The van der Waals surface area contributed by atoms with Crippen molar-refractivity contribution in [3.05, 3.63) is 94.4 Å². The number of carbonyl (C=O) groups excluding carboxylic acids is 1. The number of thiocarbonyl (C=S) groups is 1. The van der Waals surface area contributed by atoms with E-state index in [1.165, 1.54) is 28.8 Å². The number of benzene rings is 3. The largest absolute Gasteiger partial charge is 0.379 e. The van der Waals surface area contributed by atoms with Gasteiger partial charge in [0.15, 0.2) is 4.32 Å². The number of amides is 1. The highest BCUT2D eigenvalue weighted by atomic mass is 32.2. The lowest BCUT2D eigenvalue weighted by Crippen LogP contribution is -2.28. The molecule has 0 unspecified atom stereocenters. The molecule has 0 saturated carbocycles. The van der Waals surface area contributed by atoms with Gasteiger partial charge in [-0.25, -0.2) is 0 Å². The molecule has 0 aliphatic carbocycles. The van der Waals surface area contributed by atoms with E-state index in [0.29, 0.717) is 14.8 Å². The van der Waals surface area contributed by atoms with Gasteiger partial charge in [0.2, 0.25) is 0 Å². The number of anilines is 1. The van der Waals surface area contributed by atoms with Gasteiger partial charge in [-0.05, 0) is 61.4 Å². The van der Waals surface area contributed by atoms with Crippen LogP contribution in [0.5, 0.6) is 5.75 Å². The molecule has 1 aliphatic rings. The summed E-state index contributed by atoms with van der Waals surface area (Å²) in [6, 6.07) is 20.6. The number of para-hydroxylation sites is 1. The number of hydrogen-bond donors (Lipinski definition) is 0. The molecule has 0 atom stereocenters. The maximum atomic E-state index is 13.0. The molecule has 1 fully saturated rings. The van der Waals surface area contributed by atoms with Crippen molar-refractivity contribution in [1.29, 1.82) is 0 Å². The van der Waals surface area contributed by atoms with Crippen LogP contribution in [0.15, 0.2) is 82.6 Å². The normalized spacial score (nSPS) is 15.4. The Morgan fingerprint density at radius 2 is 1.69 bits per heavy atom. The molecule has 0 aromatic heterocycles. The Hall–Kier alpha value is -2.94.